The van der Waals surface area contributed by atoms with Crippen LogP contribution in [0.2, 0.25) is 0 Å². The highest BCUT2D eigenvalue weighted by molar-refractivity contribution is 5.75. The number of nitrogens with zero attached hydrogens (tertiary/aromatic N) is 3. The van der Waals surface area contributed by atoms with E-state index in [9.17, 15) is 4.79 Å². The normalized spacial score (nSPS) is 21.2. The molecular weight excluding hydrogens is 268 g/mol. The van der Waals surface area contributed by atoms with Crippen molar-refractivity contribution in [2.45, 2.75) is 51.4 Å². The van der Waals surface area contributed by atoms with Crippen molar-refractivity contribution in [2.75, 3.05) is 13.2 Å². The quantitative estimate of drug-likeness (QED) is 0.894. The van der Waals surface area contributed by atoms with Crippen molar-refractivity contribution in [3.8, 4) is 0 Å². The Bertz CT molecular complexity index is 534. The molecule has 114 valence electrons. The molecule has 0 radical (unpaired) electrons. The molecule has 2 amide bonds. The summed E-state index contributed by atoms with van der Waals surface area (Å²) in [5, 5.41) is 3.06. The highest BCUT2D eigenvalue weighted by Gasteiger charge is 2.29. The number of fused-ring (bicyclic) bond motifs is 1. The zero-order chi connectivity index (χ0) is 14.2. The average molecular weight is 290 g/mol. The Balaban J connectivity index is 1.37. The van der Waals surface area contributed by atoms with Gasteiger partial charge in [-0.15, -0.1) is 0 Å². The number of carbonyl (C=O) groups is 1. The molecule has 1 aromatic heterocycles. The molecule has 0 spiro atoms. The maximum absolute atomic E-state index is 12.2. The van der Waals surface area contributed by atoms with E-state index in [1.54, 1.807) is 0 Å². The van der Waals surface area contributed by atoms with Gasteiger partial charge in [-0.1, -0.05) is 0 Å². The van der Waals surface area contributed by atoms with Crippen LogP contribution < -0.4 is 5.32 Å². The lowest BCUT2D eigenvalue weighted by molar-refractivity contribution is 0.107. The smallest absolute Gasteiger partial charge is 0.318 e. The Hall–Kier alpha value is -1.56. The van der Waals surface area contributed by atoms with Crippen molar-refractivity contribution in [3.05, 3.63) is 17.7 Å². The Kier molecular flexibility index (Phi) is 3.33. The first-order chi connectivity index (χ1) is 10.3. The second-order valence-corrected chi connectivity index (χ2v) is 6.44. The molecule has 0 bridgehead atoms. The lowest BCUT2D eigenvalue weighted by Crippen LogP contribution is -2.44. The number of aromatic nitrogens is 2. The fourth-order valence-electron chi connectivity index (χ4n) is 2.71. The molecule has 2 fully saturated rings. The van der Waals surface area contributed by atoms with Gasteiger partial charge in [-0.2, -0.15) is 0 Å². The molecule has 2 saturated carbocycles. The number of nitrogens with one attached hydrogen (secondary N) is 1. The van der Waals surface area contributed by atoms with Crippen LogP contribution in [0.4, 0.5) is 4.79 Å². The minimum Gasteiger partial charge on any atom is -0.375 e. The van der Waals surface area contributed by atoms with Crippen LogP contribution >= 0.6 is 0 Å². The fraction of sp³-hybridized carbons (Fsp3) is 0.733. The molecule has 0 aromatic carbocycles. The van der Waals surface area contributed by atoms with Gasteiger partial charge in [0.05, 0.1) is 30.9 Å². The van der Waals surface area contributed by atoms with Gasteiger partial charge in [-0.3, -0.25) is 0 Å². The molecule has 3 aliphatic rings. The molecule has 6 heteroatoms. The largest absolute Gasteiger partial charge is 0.375 e. The van der Waals surface area contributed by atoms with Gasteiger partial charge in [0.15, 0.2) is 0 Å². The minimum atomic E-state index is 0.0646. The Morgan fingerprint density at radius 2 is 2.19 bits per heavy atom. The molecule has 21 heavy (non-hydrogen) atoms. The third kappa shape index (κ3) is 3.05. The molecule has 0 saturated heterocycles. The number of amides is 2. The maximum atomic E-state index is 12.2. The van der Waals surface area contributed by atoms with Gasteiger partial charge in [-0.05, 0) is 31.6 Å². The average Bonchev–Trinajstić information content (AvgIpc) is 3.40. The van der Waals surface area contributed by atoms with Crippen molar-refractivity contribution >= 4 is 6.03 Å². The summed E-state index contributed by atoms with van der Waals surface area (Å²) < 4.78 is 7.89. The van der Waals surface area contributed by atoms with Crippen molar-refractivity contribution in [1.82, 2.24) is 19.8 Å². The zero-order valence-electron chi connectivity index (χ0n) is 12.3. The number of ether oxygens (including phenoxy) is 1. The van der Waals surface area contributed by atoms with Crippen molar-refractivity contribution in [2.24, 2.45) is 5.92 Å². The number of rotatable bonds is 5. The monoisotopic (exact) mass is 290 g/mol. The van der Waals surface area contributed by atoms with Crippen molar-refractivity contribution in [3.63, 3.8) is 0 Å². The predicted octanol–water partition coefficient (Wildman–Crippen LogP) is 1.50. The van der Waals surface area contributed by atoms with Gasteiger partial charge in [0.25, 0.3) is 0 Å². The lowest BCUT2D eigenvalue weighted by Gasteiger charge is -2.29. The van der Waals surface area contributed by atoms with Crippen LogP contribution in [-0.2, 0) is 24.4 Å². The molecule has 4 rings (SSSR count). The van der Waals surface area contributed by atoms with Crippen LogP contribution in [0.15, 0.2) is 6.33 Å². The number of urea groups is 1. The van der Waals surface area contributed by atoms with Gasteiger partial charge in [0, 0.05) is 25.7 Å². The van der Waals surface area contributed by atoms with E-state index in [1.165, 1.54) is 12.8 Å². The first-order valence-corrected chi connectivity index (χ1v) is 7.95. The number of imidazole rings is 1. The molecule has 6 nitrogen and oxygen atoms in total. The lowest BCUT2D eigenvalue weighted by atomic mass is 10.2. The van der Waals surface area contributed by atoms with Crippen LogP contribution in [0.1, 0.15) is 37.1 Å². The molecule has 2 heterocycles. The van der Waals surface area contributed by atoms with Crippen LogP contribution in [0.3, 0.4) is 0 Å². The standard InChI is InChI=1S/C15H22N4O2/c20-15(17-12-3-4-12)18-5-6-19-10-16-13(14(19)7-18)9-21-8-11-1-2-11/h10-12H,1-9H2,(H,17,20). The van der Waals surface area contributed by atoms with Crippen LogP contribution in [-0.4, -0.2) is 39.7 Å². The first-order valence-electron chi connectivity index (χ1n) is 7.95. The van der Waals surface area contributed by atoms with E-state index < -0.39 is 0 Å². The third-order valence-electron chi connectivity index (χ3n) is 4.47. The first kappa shape index (κ1) is 13.1. The van der Waals surface area contributed by atoms with Gasteiger partial charge in [-0.25, -0.2) is 9.78 Å². The van der Waals surface area contributed by atoms with E-state index >= 15 is 0 Å². The van der Waals surface area contributed by atoms with Gasteiger partial charge in [0.1, 0.15) is 0 Å². The second-order valence-electron chi connectivity index (χ2n) is 6.44. The Morgan fingerprint density at radius 1 is 1.33 bits per heavy atom. The van der Waals surface area contributed by atoms with E-state index in [4.69, 9.17) is 4.74 Å². The summed E-state index contributed by atoms with van der Waals surface area (Å²) in [6.45, 7) is 3.63. The molecule has 1 aromatic rings. The summed E-state index contributed by atoms with van der Waals surface area (Å²) >= 11 is 0. The topological polar surface area (TPSA) is 59.4 Å². The van der Waals surface area contributed by atoms with Crippen LogP contribution in [0.25, 0.3) is 0 Å². The SMILES string of the molecule is O=C(NC1CC1)N1CCn2cnc(COCC3CC3)c2C1. The minimum absolute atomic E-state index is 0.0646. The molecule has 1 aliphatic heterocycles. The second kappa shape index (κ2) is 5.33. The van der Waals surface area contributed by atoms with Gasteiger partial charge < -0.3 is 19.5 Å². The maximum Gasteiger partial charge on any atom is 0.318 e. The van der Waals surface area contributed by atoms with E-state index in [1.807, 2.05) is 11.2 Å². The molecular formula is C15H22N4O2. The molecule has 1 N–H and O–H groups in total. The predicted molar refractivity (Wildman–Crippen MR) is 76.6 cm³/mol. The Morgan fingerprint density at radius 3 is 2.95 bits per heavy atom. The molecule has 0 unspecified atom stereocenters. The van der Waals surface area contributed by atoms with Crippen LogP contribution in [0, 0.1) is 5.92 Å². The molecule has 2 aliphatic carbocycles. The third-order valence-corrected chi connectivity index (χ3v) is 4.47. The summed E-state index contributed by atoms with van der Waals surface area (Å²) in [5.41, 5.74) is 2.11. The van der Waals surface area contributed by atoms with Crippen LogP contribution in [0.5, 0.6) is 0 Å². The fourth-order valence-corrected chi connectivity index (χ4v) is 2.71. The highest BCUT2D eigenvalue weighted by atomic mass is 16.5. The summed E-state index contributed by atoms with van der Waals surface area (Å²) in [5.74, 6) is 0.768. The van der Waals surface area contributed by atoms with E-state index in [2.05, 4.69) is 14.9 Å². The summed E-state index contributed by atoms with van der Waals surface area (Å²) in [7, 11) is 0. The summed E-state index contributed by atoms with van der Waals surface area (Å²) in [6, 6.07) is 0.473. The zero-order valence-corrected chi connectivity index (χ0v) is 12.3. The van der Waals surface area contributed by atoms with E-state index in [-0.39, 0.29) is 6.03 Å². The summed E-state index contributed by atoms with van der Waals surface area (Å²) in [4.78, 5) is 18.5. The highest BCUT2D eigenvalue weighted by Crippen LogP contribution is 2.29. The van der Waals surface area contributed by atoms with E-state index in [0.29, 0.717) is 19.2 Å². The number of hydrogen-bond acceptors (Lipinski definition) is 3. The van der Waals surface area contributed by atoms with Gasteiger partial charge in [0.2, 0.25) is 0 Å². The van der Waals surface area contributed by atoms with Crippen molar-refractivity contribution < 1.29 is 9.53 Å². The molecule has 0 atom stereocenters. The van der Waals surface area contributed by atoms with Crippen molar-refractivity contribution in [1.29, 1.82) is 0 Å². The number of hydrogen-bond donors (Lipinski definition) is 1. The van der Waals surface area contributed by atoms with Gasteiger partial charge >= 0.3 is 6.03 Å². The Labute approximate surface area is 124 Å². The van der Waals surface area contributed by atoms with E-state index in [0.717, 1.165) is 49.8 Å². The number of carbonyl (C=O) groups excluding carboxylic acids is 1. The summed E-state index contributed by atoms with van der Waals surface area (Å²) in [6.07, 6.45) is 6.73.